The van der Waals surface area contributed by atoms with E-state index >= 15 is 0 Å². The van der Waals surface area contributed by atoms with Crippen molar-refractivity contribution in [2.75, 3.05) is 5.43 Å². The third-order valence-electron chi connectivity index (χ3n) is 4.13. The van der Waals surface area contributed by atoms with Crippen molar-refractivity contribution in [2.45, 2.75) is 6.54 Å². The summed E-state index contributed by atoms with van der Waals surface area (Å²) in [6, 6.07) is 21.5. The van der Waals surface area contributed by atoms with E-state index in [1.54, 1.807) is 4.57 Å². The van der Waals surface area contributed by atoms with Crippen LogP contribution in [0.4, 0.5) is 5.95 Å². The summed E-state index contributed by atoms with van der Waals surface area (Å²) in [7, 11) is 0. The van der Waals surface area contributed by atoms with E-state index in [9.17, 15) is 4.79 Å². The van der Waals surface area contributed by atoms with E-state index < -0.39 is 0 Å². The lowest BCUT2D eigenvalue weighted by atomic mass is 10.1. The maximum Gasteiger partial charge on any atom is 0.263 e. The number of benzene rings is 3. The molecular weight excluding hydrogens is 300 g/mol. The summed E-state index contributed by atoms with van der Waals surface area (Å²) in [4.78, 5) is 17.5. The van der Waals surface area contributed by atoms with Crippen molar-refractivity contribution >= 4 is 27.6 Å². The summed E-state index contributed by atoms with van der Waals surface area (Å²) < 4.78 is 1.56. The molecule has 0 aliphatic rings. The molecule has 5 heteroatoms. The lowest BCUT2D eigenvalue weighted by Gasteiger charge is -2.13. The van der Waals surface area contributed by atoms with Crippen LogP contribution in [0.3, 0.4) is 0 Å². The Bertz CT molecular complexity index is 1090. The van der Waals surface area contributed by atoms with Gasteiger partial charge in [0.25, 0.3) is 5.56 Å². The van der Waals surface area contributed by atoms with Crippen LogP contribution in [-0.2, 0) is 6.54 Å². The Kier molecular flexibility index (Phi) is 3.48. The van der Waals surface area contributed by atoms with Crippen LogP contribution in [0.15, 0.2) is 71.5 Å². The van der Waals surface area contributed by atoms with Gasteiger partial charge in [-0.15, -0.1) is 0 Å². The molecule has 0 saturated carbocycles. The van der Waals surface area contributed by atoms with Gasteiger partial charge >= 0.3 is 0 Å². The second-order valence-electron chi connectivity index (χ2n) is 5.67. The van der Waals surface area contributed by atoms with Gasteiger partial charge < -0.3 is 0 Å². The molecule has 0 unspecified atom stereocenters. The lowest BCUT2D eigenvalue weighted by Crippen LogP contribution is -2.27. The maximum absolute atomic E-state index is 13.0. The standard InChI is InChI=1S/C19H16N4O/c20-22-19-21-17-11-15-9-5-4-8-14(15)10-16(17)18(24)23(19)12-13-6-2-1-3-7-13/h1-11H,12,20H2,(H,21,22). The van der Waals surface area contributed by atoms with Crippen LogP contribution in [0.2, 0.25) is 0 Å². The van der Waals surface area contributed by atoms with Crippen molar-refractivity contribution in [2.24, 2.45) is 5.84 Å². The first-order chi connectivity index (χ1) is 11.8. The number of nitrogens with zero attached hydrogens (tertiary/aromatic N) is 2. The summed E-state index contributed by atoms with van der Waals surface area (Å²) in [6.45, 7) is 0.412. The fourth-order valence-corrected chi connectivity index (χ4v) is 2.93. The minimum atomic E-state index is -0.109. The molecule has 24 heavy (non-hydrogen) atoms. The SMILES string of the molecule is NNc1nc2cc3ccccc3cc2c(=O)n1Cc1ccccc1. The lowest BCUT2D eigenvalue weighted by molar-refractivity contribution is 0.754. The van der Waals surface area contributed by atoms with Gasteiger partial charge in [0.1, 0.15) is 0 Å². The first kappa shape index (κ1) is 14.4. The van der Waals surface area contributed by atoms with Crippen LogP contribution < -0.4 is 16.8 Å². The summed E-state index contributed by atoms with van der Waals surface area (Å²) >= 11 is 0. The quantitative estimate of drug-likeness (QED) is 0.346. The number of anilines is 1. The maximum atomic E-state index is 13.0. The van der Waals surface area contributed by atoms with Gasteiger partial charge in [0.2, 0.25) is 5.95 Å². The highest BCUT2D eigenvalue weighted by atomic mass is 16.1. The molecule has 0 radical (unpaired) electrons. The second kappa shape index (κ2) is 5.79. The minimum Gasteiger partial charge on any atom is -0.294 e. The Morgan fingerprint density at radius 2 is 1.62 bits per heavy atom. The van der Waals surface area contributed by atoms with E-state index in [1.165, 1.54) is 0 Å². The van der Waals surface area contributed by atoms with Crippen LogP contribution in [0.1, 0.15) is 5.56 Å². The van der Waals surface area contributed by atoms with Gasteiger partial charge in [-0.3, -0.25) is 14.8 Å². The Morgan fingerprint density at radius 1 is 0.958 bits per heavy atom. The Hall–Kier alpha value is -3.18. The van der Waals surface area contributed by atoms with Crippen LogP contribution in [0.5, 0.6) is 0 Å². The van der Waals surface area contributed by atoms with Gasteiger partial charge in [0.15, 0.2) is 0 Å². The van der Waals surface area contributed by atoms with Crippen molar-refractivity contribution in [3.63, 3.8) is 0 Å². The molecule has 118 valence electrons. The predicted molar refractivity (Wildman–Crippen MR) is 96.9 cm³/mol. The van der Waals surface area contributed by atoms with E-state index in [-0.39, 0.29) is 5.56 Å². The highest BCUT2D eigenvalue weighted by Gasteiger charge is 2.11. The second-order valence-corrected chi connectivity index (χ2v) is 5.67. The van der Waals surface area contributed by atoms with Crippen molar-refractivity contribution in [3.8, 4) is 0 Å². The average Bonchev–Trinajstić information content (AvgIpc) is 2.63. The molecule has 4 aromatic rings. The van der Waals surface area contributed by atoms with Crippen LogP contribution in [0.25, 0.3) is 21.7 Å². The van der Waals surface area contributed by atoms with Crippen molar-refractivity contribution in [1.29, 1.82) is 0 Å². The molecule has 4 rings (SSSR count). The Labute approximate surface area is 138 Å². The van der Waals surface area contributed by atoms with Crippen molar-refractivity contribution < 1.29 is 0 Å². The molecule has 0 bridgehead atoms. The number of hydrogen-bond acceptors (Lipinski definition) is 4. The molecule has 5 nitrogen and oxygen atoms in total. The normalized spacial score (nSPS) is 11.0. The van der Waals surface area contributed by atoms with E-state index in [0.29, 0.717) is 23.4 Å². The van der Waals surface area contributed by atoms with E-state index in [1.807, 2.05) is 66.7 Å². The molecule has 0 aliphatic heterocycles. The molecule has 1 aromatic heterocycles. The number of nitrogen functional groups attached to an aromatic ring is 1. The molecule has 0 atom stereocenters. The molecule has 0 saturated heterocycles. The van der Waals surface area contributed by atoms with Crippen molar-refractivity contribution in [1.82, 2.24) is 9.55 Å². The van der Waals surface area contributed by atoms with Crippen LogP contribution in [0, 0.1) is 0 Å². The van der Waals surface area contributed by atoms with Gasteiger partial charge in [-0.2, -0.15) is 0 Å². The molecule has 0 amide bonds. The molecule has 3 aromatic carbocycles. The molecule has 3 N–H and O–H groups in total. The summed E-state index contributed by atoms with van der Waals surface area (Å²) in [5.41, 5.74) is 4.09. The number of rotatable bonds is 3. The zero-order valence-corrected chi connectivity index (χ0v) is 12.9. The number of nitrogens with two attached hydrogens (primary N) is 1. The predicted octanol–water partition coefficient (Wildman–Crippen LogP) is 2.88. The van der Waals surface area contributed by atoms with Crippen LogP contribution >= 0.6 is 0 Å². The fourth-order valence-electron chi connectivity index (χ4n) is 2.93. The first-order valence-corrected chi connectivity index (χ1v) is 7.70. The molecular formula is C19H16N4O. The molecule has 0 spiro atoms. The highest BCUT2D eigenvalue weighted by Crippen LogP contribution is 2.20. The zero-order chi connectivity index (χ0) is 16.5. The minimum absolute atomic E-state index is 0.109. The number of nitrogens with one attached hydrogen (secondary N) is 1. The van der Waals surface area contributed by atoms with E-state index in [4.69, 9.17) is 5.84 Å². The first-order valence-electron chi connectivity index (χ1n) is 7.70. The van der Waals surface area contributed by atoms with Gasteiger partial charge in [-0.1, -0.05) is 54.6 Å². The third kappa shape index (κ3) is 2.41. The van der Waals surface area contributed by atoms with E-state index in [2.05, 4.69) is 10.4 Å². The van der Waals surface area contributed by atoms with Gasteiger partial charge in [-0.05, 0) is 28.5 Å². The highest BCUT2D eigenvalue weighted by molar-refractivity contribution is 5.96. The largest absolute Gasteiger partial charge is 0.294 e. The topological polar surface area (TPSA) is 72.9 Å². The fraction of sp³-hybridized carbons (Fsp3) is 0.0526. The number of hydrogen-bond donors (Lipinski definition) is 2. The van der Waals surface area contributed by atoms with Gasteiger partial charge in [0, 0.05) is 0 Å². The summed E-state index contributed by atoms with van der Waals surface area (Å²) in [5.74, 6) is 5.96. The smallest absolute Gasteiger partial charge is 0.263 e. The number of hydrazine groups is 1. The monoisotopic (exact) mass is 316 g/mol. The summed E-state index contributed by atoms with van der Waals surface area (Å²) in [6.07, 6.45) is 0. The Morgan fingerprint density at radius 3 is 2.33 bits per heavy atom. The number of aromatic nitrogens is 2. The van der Waals surface area contributed by atoms with Gasteiger partial charge in [-0.25, -0.2) is 10.8 Å². The van der Waals surface area contributed by atoms with Crippen LogP contribution in [-0.4, -0.2) is 9.55 Å². The summed E-state index contributed by atoms with van der Waals surface area (Å²) in [5, 5.41) is 2.65. The average molecular weight is 316 g/mol. The Balaban J connectivity index is 1.97. The van der Waals surface area contributed by atoms with Gasteiger partial charge in [0.05, 0.1) is 17.4 Å². The van der Waals surface area contributed by atoms with E-state index in [0.717, 1.165) is 16.3 Å². The third-order valence-corrected chi connectivity index (χ3v) is 4.13. The molecule has 1 heterocycles. The zero-order valence-electron chi connectivity index (χ0n) is 12.9. The van der Waals surface area contributed by atoms with Crippen molar-refractivity contribution in [3.05, 3.63) is 82.6 Å². The number of fused-ring (bicyclic) bond motifs is 2. The molecule has 0 aliphatic carbocycles. The molecule has 0 fully saturated rings.